The van der Waals surface area contributed by atoms with Gasteiger partial charge in [-0.3, -0.25) is 4.79 Å². The predicted octanol–water partition coefficient (Wildman–Crippen LogP) is 3.46. The van der Waals surface area contributed by atoms with Gasteiger partial charge in [0, 0.05) is 11.1 Å². The maximum absolute atomic E-state index is 12.2. The second kappa shape index (κ2) is 4.60. The van der Waals surface area contributed by atoms with Crippen LogP contribution in [0.2, 0.25) is 5.02 Å². The number of halogens is 1. The summed E-state index contributed by atoms with van der Waals surface area (Å²) in [5, 5.41) is 0.407. The topological polar surface area (TPSA) is 43.1 Å². The number of hydrogen-bond acceptors (Lipinski definition) is 2. The van der Waals surface area contributed by atoms with Crippen LogP contribution in [0.15, 0.2) is 42.5 Å². The molecule has 86 valence electrons. The molecule has 2 N–H and O–H groups in total. The molecule has 0 heterocycles. The summed E-state index contributed by atoms with van der Waals surface area (Å²) in [4.78, 5) is 12.2. The Morgan fingerprint density at radius 3 is 2.53 bits per heavy atom. The van der Waals surface area contributed by atoms with E-state index in [-0.39, 0.29) is 5.78 Å². The number of nitrogen functional groups attached to an aromatic ring is 1. The number of hydrogen-bond donors (Lipinski definition) is 1. The van der Waals surface area contributed by atoms with Gasteiger partial charge in [0.1, 0.15) is 0 Å². The van der Waals surface area contributed by atoms with Gasteiger partial charge >= 0.3 is 0 Å². The molecule has 0 bridgehead atoms. The Hall–Kier alpha value is -1.80. The van der Waals surface area contributed by atoms with Crippen molar-refractivity contribution in [2.75, 3.05) is 5.73 Å². The fourth-order valence-electron chi connectivity index (χ4n) is 1.65. The first kappa shape index (κ1) is 11.7. The molecule has 2 aromatic rings. The van der Waals surface area contributed by atoms with Gasteiger partial charge in [-0.2, -0.15) is 0 Å². The van der Waals surface area contributed by atoms with Gasteiger partial charge in [-0.25, -0.2) is 0 Å². The summed E-state index contributed by atoms with van der Waals surface area (Å²) in [6.45, 7) is 1.91. The molecule has 0 atom stereocenters. The van der Waals surface area contributed by atoms with Crippen LogP contribution in [0.25, 0.3) is 0 Å². The highest BCUT2D eigenvalue weighted by atomic mass is 35.5. The van der Waals surface area contributed by atoms with E-state index in [4.69, 9.17) is 17.3 Å². The van der Waals surface area contributed by atoms with Gasteiger partial charge in [-0.05, 0) is 30.7 Å². The van der Waals surface area contributed by atoms with Crippen LogP contribution in [0.1, 0.15) is 21.5 Å². The summed E-state index contributed by atoms with van der Waals surface area (Å²) in [5.74, 6) is -0.0370. The highest BCUT2D eigenvalue weighted by Crippen LogP contribution is 2.22. The SMILES string of the molecule is Cc1ccccc1C(=O)c1ccc(N)c(Cl)c1. The molecule has 0 saturated carbocycles. The fourth-order valence-corrected chi connectivity index (χ4v) is 1.83. The summed E-state index contributed by atoms with van der Waals surface area (Å²) in [7, 11) is 0. The summed E-state index contributed by atoms with van der Waals surface area (Å²) < 4.78 is 0. The third-order valence-electron chi connectivity index (χ3n) is 2.65. The van der Waals surface area contributed by atoms with E-state index in [0.29, 0.717) is 21.8 Å². The van der Waals surface area contributed by atoms with Crippen LogP contribution in [0.4, 0.5) is 5.69 Å². The monoisotopic (exact) mass is 245 g/mol. The Balaban J connectivity index is 2.44. The van der Waals surface area contributed by atoms with Crippen molar-refractivity contribution in [2.45, 2.75) is 6.92 Å². The van der Waals surface area contributed by atoms with E-state index in [1.54, 1.807) is 18.2 Å². The summed E-state index contributed by atoms with van der Waals surface area (Å²) in [5.41, 5.74) is 8.29. The van der Waals surface area contributed by atoms with Crippen LogP contribution in [-0.4, -0.2) is 5.78 Å². The number of nitrogens with two attached hydrogens (primary N) is 1. The average molecular weight is 246 g/mol. The molecule has 0 aliphatic heterocycles. The van der Waals surface area contributed by atoms with Crippen LogP contribution < -0.4 is 5.73 Å². The van der Waals surface area contributed by atoms with Crippen LogP contribution in [0, 0.1) is 6.92 Å². The van der Waals surface area contributed by atoms with Crippen molar-refractivity contribution in [3.8, 4) is 0 Å². The lowest BCUT2D eigenvalue weighted by molar-refractivity contribution is 0.103. The highest BCUT2D eigenvalue weighted by molar-refractivity contribution is 6.33. The zero-order chi connectivity index (χ0) is 12.4. The Kier molecular flexibility index (Phi) is 3.16. The van der Waals surface area contributed by atoms with E-state index in [9.17, 15) is 4.79 Å². The van der Waals surface area contributed by atoms with Crippen LogP contribution in [-0.2, 0) is 0 Å². The van der Waals surface area contributed by atoms with Gasteiger partial charge < -0.3 is 5.73 Å². The molecule has 2 aromatic carbocycles. The zero-order valence-electron chi connectivity index (χ0n) is 9.41. The molecule has 0 spiro atoms. The third-order valence-corrected chi connectivity index (χ3v) is 2.98. The Morgan fingerprint density at radius 2 is 1.88 bits per heavy atom. The first-order valence-corrected chi connectivity index (χ1v) is 5.63. The van der Waals surface area contributed by atoms with Crippen LogP contribution in [0.3, 0.4) is 0 Å². The van der Waals surface area contributed by atoms with E-state index in [0.717, 1.165) is 5.56 Å². The summed E-state index contributed by atoms with van der Waals surface area (Å²) >= 11 is 5.91. The first-order valence-electron chi connectivity index (χ1n) is 5.25. The average Bonchev–Trinajstić information content (AvgIpc) is 2.32. The Bertz CT molecular complexity index is 578. The van der Waals surface area contributed by atoms with Crippen LogP contribution >= 0.6 is 11.6 Å². The molecule has 0 aromatic heterocycles. The molecule has 2 nitrogen and oxygen atoms in total. The lowest BCUT2D eigenvalue weighted by atomic mass is 9.99. The second-order valence-electron chi connectivity index (χ2n) is 3.88. The number of ketones is 1. The minimum Gasteiger partial charge on any atom is -0.398 e. The second-order valence-corrected chi connectivity index (χ2v) is 4.29. The standard InChI is InChI=1S/C14H12ClNO/c1-9-4-2-3-5-11(9)14(17)10-6-7-13(16)12(15)8-10/h2-8H,16H2,1H3. The van der Waals surface area contributed by atoms with E-state index >= 15 is 0 Å². The van der Waals surface area contributed by atoms with Crippen molar-refractivity contribution in [2.24, 2.45) is 0 Å². The maximum Gasteiger partial charge on any atom is 0.193 e. The molecule has 0 aliphatic carbocycles. The van der Waals surface area contributed by atoms with Crippen molar-refractivity contribution in [1.29, 1.82) is 0 Å². The van der Waals surface area contributed by atoms with Crippen molar-refractivity contribution >= 4 is 23.1 Å². The number of carbonyl (C=O) groups is 1. The Morgan fingerprint density at radius 1 is 1.18 bits per heavy atom. The van der Waals surface area contributed by atoms with Crippen molar-refractivity contribution in [3.05, 3.63) is 64.2 Å². The van der Waals surface area contributed by atoms with Gasteiger partial charge in [-0.1, -0.05) is 35.9 Å². The molecule has 0 saturated heterocycles. The number of benzene rings is 2. The van der Waals surface area contributed by atoms with Crippen LogP contribution in [0.5, 0.6) is 0 Å². The fraction of sp³-hybridized carbons (Fsp3) is 0.0714. The van der Waals surface area contributed by atoms with Gasteiger partial charge in [0.25, 0.3) is 0 Å². The minimum absolute atomic E-state index is 0.0370. The van der Waals surface area contributed by atoms with E-state index in [1.807, 2.05) is 31.2 Å². The molecule has 0 aliphatic rings. The van der Waals surface area contributed by atoms with E-state index in [2.05, 4.69) is 0 Å². The van der Waals surface area contributed by atoms with Gasteiger partial charge in [-0.15, -0.1) is 0 Å². The molecule has 0 amide bonds. The molecule has 0 fully saturated rings. The quantitative estimate of drug-likeness (QED) is 0.650. The molecular formula is C14H12ClNO. The molecule has 3 heteroatoms. The molecule has 0 unspecified atom stereocenters. The zero-order valence-corrected chi connectivity index (χ0v) is 10.2. The predicted molar refractivity (Wildman–Crippen MR) is 70.5 cm³/mol. The smallest absolute Gasteiger partial charge is 0.193 e. The highest BCUT2D eigenvalue weighted by Gasteiger charge is 2.12. The normalized spacial score (nSPS) is 10.2. The maximum atomic E-state index is 12.2. The van der Waals surface area contributed by atoms with Gasteiger partial charge in [0.15, 0.2) is 5.78 Å². The number of anilines is 1. The third kappa shape index (κ3) is 2.32. The summed E-state index contributed by atoms with van der Waals surface area (Å²) in [6, 6.07) is 12.4. The number of aryl methyl sites for hydroxylation is 1. The van der Waals surface area contributed by atoms with Crippen molar-refractivity contribution in [3.63, 3.8) is 0 Å². The van der Waals surface area contributed by atoms with E-state index < -0.39 is 0 Å². The lowest BCUT2D eigenvalue weighted by Crippen LogP contribution is -2.03. The minimum atomic E-state index is -0.0370. The van der Waals surface area contributed by atoms with Gasteiger partial charge in [0.2, 0.25) is 0 Å². The van der Waals surface area contributed by atoms with Gasteiger partial charge in [0.05, 0.1) is 10.7 Å². The van der Waals surface area contributed by atoms with Crippen molar-refractivity contribution < 1.29 is 4.79 Å². The largest absolute Gasteiger partial charge is 0.398 e. The number of rotatable bonds is 2. The van der Waals surface area contributed by atoms with E-state index in [1.165, 1.54) is 0 Å². The molecule has 2 rings (SSSR count). The Labute approximate surface area is 105 Å². The molecular weight excluding hydrogens is 234 g/mol. The lowest BCUT2D eigenvalue weighted by Gasteiger charge is -2.06. The van der Waals surface area contributed by atoms with Crippen molar-refractivity contribution in [1.82, 2.24) is 0 Å². The first-order chi connectivity index (χ1) is 8.09. The molecule has 17 heavy (non-hydrogen) atoms. The summed E-state index contributed by atoms with van der Waals surface area (Å²) in [6.07, 6.45) is 0. The molecule has 0 radical (unpaired) electrons. The number of carbonyl (C=O) groups excluding carboxylic acids is 1.